The second kappa shape index (κ2) is 6.50. The van der Waals surface area contributed by atoms with Gasteiger partial charge in [0, 0.05) is 6.04 Å². The fourth-order valence-electron chi connectivity index (χ4n) is 3.63. The number of nitrogens with one attached hydrogen (secondary N) is 1. The van der Waals surface area contributed by atoms with E-state index in [1.165, 1.54) is 4.90 Å². The molecule has 134 valence electrons. The zero-order chi connectivity index (χ0) is 18.2. The Hall–Kier alpha value is -2.37. The van der Waals surface area contributed by atoms with Crippen molar-refractivity contribution in [2.75, 3.05) is 0 Å². The number of amides is 3. The van der Waals surface area contributed by atoms with Crippen LogP contribution in [0.5, 0.6) is 0 Å². The number of carbonyl (C=O) groups is 3. The lowest BCUT2D eigenvalue weighted by Gasteiger charge is -2.44. The fourth-order valence-corrected chi connectivity index (χ4v) is 3.63. The standard InChI is InChI=1S/C19H24N2O4/c1-12(2)21-17(23)19(20-18(21)24)9-15(10-19)13(3)16(22)25-11-14-7-5-4-6-8-14/h4-8,12-13,15H,9-11H2,1-3H3,(H,20,24). The highest BCUT2D eigenvalue weighted by Gasteiger charge is 2.60. The maximum absolute atomic E-state index is 12.5. The summed E-state index contributed by atoms with van der Waals surface area (Å²) < 4.78 is 5.38. The van der Waals surface area contributed by atoms with Gasteiger partial charge in [-0.1, -0.05) is 37.3 Å². The summed E-state index contributed by atoms with van der Waals surface area (Å²) in [4.78, 5) is 38.1. The first kappa shape index (κ1) is 17.5. The molecule has 6 heteroatoms. The average Bonchev–Trinajstić information content (AvgIpc) is 2.82. The van der Waals surface area contributed by atoms with Crippen molar-refractivity contribution in [1.82, 2.24) is 10.2 Å². The van der Waals surface area contributed by atoms with E-state index in [0.29, 0.717) is 12.8 Å². The van der Waals surface area contributed by atoms with E-state index in [9.17, 15) is 14.4 Å². The maximum Gasteiger partial charge on any atom is 0.325 e. The molecule has 3 amide bonds. The first-order valence-corrected chi connectivity index (χ1v) is 8.70. The second-order valence-electron chi connectivity index (χ2n) is 7.33. The fraction of sp³-hybridized carbons (Fsp3) is 0.526. The molecule has 1 aliphatic heterocycles. The molecule has 1 aliphatic carbocycles. The molecule has 1 atom stereocenters. The summed E-state index contributed by atoms with van der Waals surface area (Å²) in [5.74, 6) is -0.693. The third-order valence-corrected chi connectivity index (χ3v) is 5.23. The van der Waals surface area contributed by atoms with E-state index in [1.54, 1.807) is 0 Å². The minimum atomic E-state index is -0.819. The van der Waals surface area contributed by atoms with Gasteiger partial charge in [-0.2, -0.15) is 0 Å². The van der Waals surface area contributed by atoms with E-state index in [4.69, 9.17) is 4.74 Å². The minimum absolute atomic E-state index is 0.0413. The Balaban J connectivity index is 1.54. The Labute approximate surface area is 147 Å². The number of rotatable bonds is 5. The zero-order valence-corrected chi connectivity index (χ0v) is 14.8. The van der Waals surface area contributed by atoms with Gasteiger partial charge in [-0.25, -0.2) is 4.79 Å². The number of ether oxygens (including phenoxy) is 1. The van der Waals surface area contributed by atoms with Crippen molar-refractivity contribution in [2.45, 2.75) is 51.8 Å². The van der Waals surface area contributed by atoms with E-state index in [2.05, 4.69) is 5.32 Å². The molecule has 0 radical (unpaired) electrons. The number of benzene rings is 1. The lowest BCUT2D eigenvalue weighted by Crippen LogP contribution is -2.59. The number of urea groups is 1. The third kappa shape index (κ3) is 3.13. The molecule has 1 saturated carbocycles. The molecule has 1 saturated heterocycles. The Morgan fingerprint density at radius 1 is 1.24 bits per heavy atom. The van der Waals surface area contributed by atoms with Crippen LogP contribution in [0.2, 0.25) is 0 Å². The van der Waals surface area contributed by atoms with Crippen LogP contribution < -0.4 is 5.32 Å². The Morgan fingerprint density at radius 3 is 2.44 bits per heavy atom. The van der Waals surface area contributed by atoms with Crippen LogP contribution in [0.1, 0.15) is 39.2 Å². The van der Waals surface area contributed by atoms with Crippen LogP contribution in [0.15, 0.2) is 30.3 Å². The zero-order valence-electron chi connectivity index (χ0n) is 14.8. The Bertz CT molecular complexity index is 680. The molecular formula is C19H24N2O4. The van der Waals surface area contributed by atoms with Gasteiger partial charge < -0.3 is 10.1 Å². The summed E-state index contributed by atoms with van der Waals surface area (Å²) in [6.07, 6.45) is 0.977. The average molecular weight is 344 g/mol. The quantitative estimate of drug-likeness (QED) is 0.658. The van der Waals surface area contributed by atoms with Crippen LogP contribution in [0.25, 0.3) is 0 Å². The summed E-state index contributed by atoms with van der Waals surface area (Å²) in [5, 5.41) is 2.81. The van der Waals surface area contributed by atoms with E-state index in [1.807, 2.05) is 51.1 Å². The Morgan fingerprint density at radius 2 is 1.88 bits per heavy atom. The lowest BCUT2D eigenvalue weighted by molar-refractivity contribution is -0.155. The molecule has 1 N–H and O–H groups in total. The van der Waals surface area contributed by atoms with Gasteiger partial charge >= 0.3 is 12.0 Å². The van der Waals surface area contributed by atoms with Gasteiger partial charge in [-0.05, 0) is 38.2 Å². The molecule has 0 bridgehead atoms. The van der Waals surface area contributed by atoms with E-state index >= 15 is 0 Å². The molecule has 25 heavy (non-hydrogen) atoms. The van der Waals surface area contributed by atoms with Crippen molar-refractivity contribution in [3.8, 4) is 0 Å². The number of carbonyl (C=O) groups excluding carboxylic acids is 3. The van der Waals surface area contributed by atoms with E-state index in [-0.39, 0.29) is 42.4 Å². The van der Waals surface area contributed by atoms with Gasteiger partial charge in [-0.3, -0.25) is 14.5 Å². The highest BCUT2D eigenvalue weighted by atomic mass is 16.5. The number of imide groups is 1. The number of hydrogen-bond acceptors (Lipinski definition) is 4. The predicted octanol–water partition coefficient (Wildman–Crippen LogP) is 2.47. The summed E-state index contributed by atoms with van der Waals surface area (Å²) in [6, 6.07) is 9.02. The van der Waals surface area contributed by atoms with Crippen molar-refractivity contribution in [3.05, 3.63) is 35.9 Å². The second-order valence-corrected chi connectivity index (χ2v) is 7.33. The van der Waals surface area contributed by atoms with Gasteiger partial charge in [0.05, 0.1) is 5.92 Å². The molecule has 1 spiro atoms. The Kier molecular flexibility index (Phi) is 4.54. The molecule has 2 aliphatic rings. The molecule has 1 aromatic carbocycles. The monoisotopic (exact) mass is 344 g/mol. The van der Waals surface area contributed by atoms with Crippen molar-refractivity contribution in [1.29, 1.82) is 0 Å². The number of esters is 1. The molecule has 1 unspecified atom stereocenters. The molecule has 1 heterocycles. The van der Waals surface area contributed by atoms with Crippen molar-refractivity contribution < 1.29 is 19.1 Å². The molecule has 3 rings (SSSR count). The largest absolute Gasteiger partial charge is 0.461 e. The van der Waals surface area contributed by atoms with Crippen molar-refractivity contribution in [2.24, 2.45) is 11.8 Å². The normalized spacial score (nSPS) is 26.6. The summed E-state index contributed by atoms with van der Waals surface area (Å²) in [6.45, 7) is 5.71. The van der Waals surface area contributed by atoms with Gasteiger partial charge in [0.25, 0.3) is 5.91 Å². The van der Waals surface area contributed by atoms with Gasteiger partial charge in [0.15, 0.2) is 0 Å². The topological polar surface area (TPSA) is 75.7 Å². The van der Waals surface area contributed by atoms with Crippen LogP contribution >= 0.6 is 0 Å². The SMILES string of the molecule is CC(C(=O)OCc1ccccc1)C1CC2(C1)NC(=O)N(C(C)C)C2=O. The minimum Gasteiger partial charge on any atom is -0.461 e. The van der Waals surface area contributed by atoms with Crippen LogP contribution in [0.4, 0.5) is 4.79 Å². The summed E-state index contributed by atoms with van der Waals surface area (Å²) >= 11 is 0. The van der Waals surface area contributed by atoms with Crippen LogP contribution in [0.3, 0.4) is 0 Å². The number of hydrogen-bond donors (Lipinski definition) is 1. The molecule has 2 fully saturated rings. The molecule has 6 nitrogen and oxygen atoms in total. The number of nitrogens with zero attached hydrogens (tertiary/aromatic N) is 1. The summed E-state index contributed by atoms with van der Waals surface area (Å²) in [7, 11) is 0. The lowest BCUT2D eigenvalue weighted by atomic mass is 9.63. The van der Waals surface area contributed by atoms with E-state index < -0.39 is 5.54 Å². The van der Waals surface area contributed by atoms with Gasteiger partial charge in [0.2, 0.25) is 0 Å². The maximum atomic E-state index is 12.5. The van der Waals surface area contributed by atoms with Gasteiger partial charge in [-0.15, -0.1) is 0 Å². The molecular weight excluding hydrogens is 320 g/mol. The smallest absolute Gasteiger partial charge is 0.325 e. The van der Waals surface area contributed by atoms with Gasteiger partial charge in [0.1, 0.15) is 12.1 Å². The highest BCUT2D eigenvalue weighted by Crippen LogP contribution is 2.46. The van der Waals surface area contributed by atoms with Crippen molar-refractivity contribution >= 4 is 17.9 Å². The van der Waals surface area contributed by atoms with Crippen molar-refractivity contribution in [3.63, 3.8) is 0 Å². The van der Waals surface area contributed by atoms with Crippen LogP contribution in [-0.4, -0.2) is 34.4 Å². The third-order valence-electron chi connectivity index (χ3n) is 5.23. The van der Waals surface area contributed by atoms with Crippen LogP contribution in [0, 0.1) is 11.8 Å². The van der Waals surface area contributed by atoms with E-state index in [0.717, 1.165) is 5.56 Å². The molecule has 1 aromatic rings. The van der Waals surface area contributed by atoms with Crippen LogP contribution in [-0.2, 0) is 20.9 Å². The first-order chi connectivity index (χ1) is 11.8. The highest BCUT2D eigenvalue weighted by molar-refractivity contribution is 6.08. The first-order valence-electron chi connectivity index (χ1n) is 8.70. The molecule has 0 aromatic heterocycles. The predicted molar refractivity (Wildman–Crippen MR) is 91.4 cm³/mol. The summed E-state index contributed by atoms with van der Waals surface area (Å²) in [5.41, 5.74) is 0.124.